The van der Waals surface area contributed by atoms with Crippen LogP contribution < -0.4 is 5.73 Å². The van der Waals surface area contributed by atoms with Gasteiger partial charge in [-0.3, -0.25) is 0 Å². The first-order valence-electron chi connectivity index (χ1n) is 8.34. The lowest BCUT2D eigenvalue weighted by atomic mass is 9.86. The fourth-order valence-corrected chi connectivity index (χ4v) is 2.99. The second kappa shape index (κ2) is 9.23. The lowest BCUT2D eigenvalue weighted by molar-refractivity contribution is 0.0130. The highest BCUT2D eigenvalue weighted by atomic mass is 19.1. The zero-order valence-corrected chi connectivity index (χ0v) is 13.8. The van der Waals surface area contributed by atoms with E-state index in [0.717, 1.165) is 25.7 Å². The maximum atomic E-state index is 14.0. The summed E-state index contributed by atoms with van der Waals surface area (Å²) in [6.07, 6.45) is 4.11. The molecular formula is C18H30FNO2. The molecule has 1 aromatic carbocycles. The van der Waals surface area contributed by atoms with Crippen molar-refractivity contribution < 1.29 is 14.6 Å². The molecule has 1 unspecified atom stereocenters. The summed E-state index contributed by atoms with van der Waals surface area (Å²) in [5.74, 6) is -0.279. The van der Waals surface area contributed by atoms with Crippen LogP contribution in [0.2, 0.25) is 0 Å². The quantitative estimate of drug-likeness (QED) is 0.620. The molecule has 0 bridgehead atoms. The molecule has 22 heavy (non-hydrogen) atoms. The number of halogens is 1. The Labute approximate surface area is 133 Å². The Hall–Kier alpha value is -0.970. The normalized spacial score (nSPS) is 13.4. The highest BCUT2D eigenvalue weighted by molar-refractivity contribution is 5.27. The van der Waals surface area contributed by atoms with E-state index in [-0.39, 0.29) is 5.82 Å². The standard InChI is InChI=1S/C18H30FNO2/c1-3-9-18(22,10-4-2)11-7-14-13-15(5-6-16(14)19)17(21)8-12-20/h5-6,13,17,21-22H,3-4,7-12,20H2,1-2H3. The summed E-state index contributed by atoms with van der Waals surface area (Å²) in [5, 5.41) is 20.6. The molecule has 1 rings (SSSR count). The number of aliphatic hydroxyl groups is 2. The van der Waals surface area contributed by atoms with E-state index in [0.29, 0.717) is 36.9 Å². The Morgan fingerprint density at radius 1 is 1.18 bits per heavy atom. The van der Waals surface area contributed by atoms with Crippen LogP contribution in [-0.4, -0.2) is 22.4 Å². The lowest BCUT2D eigenvalue weighted by Gasteiger charge is -2.27. The third-order valence-electron chi connectivity index (χ3n) is 4.19. The first kappa shape index (κ1) is 19.1. The van der Waals surface area contributed by atoms with Crippen LogP contribution in [0.4, 0.5) is 4.39 Å². The molecule has 4 N–H and O–H groups in total. The fraction of sp³-hybridized carbons (Fsp3) is 0.667. The van der Waals surface area contributed by atoms with Crippen LogP contribution in [0.5, 0.6) is 0 Å². The fourth-order valence-electron chi connectivity index (χ4n) is 2.99. The Balaban J connectivity index is 2.81. The second-order valence-corrected chi connectivity index (χ2v) is 6.17. The van der Waals surface area contributed by atoms with Gasteiger partial charge in [-0.25, -0.2) is 4.39 Å². The zero-order chi connectivity index (χ0) is 16.6. The van der Waals surface area contributed by atoms with Crippen LogP contribution >= 0.6 is 0 Å². The van der Waals surface area contributed by atoms with Gasteiger partial charge in [0, 0.05) is 0 Å². The van der Waals surface area contributed by atoms with Crippen molar-refractivity contribution in [3.63, 3.8) is 0 Å². The molecule has 0 saturated carbocycles. The van der Waals surface area contributed by atoms with Crippen LogP contribution in [0, 0.1) is 5.82 Å². The average Bonchev–Trinajstić information content (AvgIpc) is 2.47. The maximum absolute atomic E-state index is 14.0. The molecule has 0 amide bonds. The first-order chi connectivity index (χ1) is 10.5. The molecule has 0 radical (unpaired) electrons. The molecule has 1 atom stereocenters. The van der Waals surface area contributed by atoms with Gasteiger partial charge in [-0.1, -0.05) is 38.8 Å². The summed E-state index contributed by atoms with van der Waals surface area (Å²) < 4.78 is 14.0. The van der Waals surface area contributed by atoms with E-state index in [1.807, 2.05) is 13.8 Å². The number of hydrogen-bond acceptors (Lipinski definition) is 3. The molecule has 4 heteroatoms. The van der Waals surface area contributed by atoms with Gasteiger partial charge in [0.1, 0.15) is 5.82 Å². The Morgan fingerprint density at radius 3 is 2.36 bits per heavy atom. The van der Waals surface area contributed by atoms with Crippen LogP contribution in [-0.2, 0) is 6.42 Å². The van der Waals surface area contributed by atoms with Crippen molar-refractivity contribution in [3.05, 3.63) is 35.1 Å². The van der Waals surface area contributed by atoms with E-state index in [1.54, 1.807) is 12.1 Å². The van der Waals surface area contributed by atoms with Crippen LogP contribution in [0.1, 0.15) is 69.6 Å². The number of aryl methyl sites for hydroxylation is 1. The SMILES string of the molecule is CCCC(O)(CCC)CCc1cc(C(O)CCN)ccc1F. The summed E-state index contributed by atoms with van der Waals surface area (Å²) in [4.78, 5) is 0. The molecule has 1 aromatic rings. The summed E-state index contributed by atoms with van der Waals surface area (Å²) >= 11 is 0. The van der Waals surface area contributed by atoms with Gasteiger partial charge < -0.3 is 15.9 Å². The minimum Gasteiger partial charge on any atom is -0.390 e. The molecule has 0 fully saturated rings. The monoisotopic (exact) mass is 311 g/mol. The molecule has 0 aliphatic rings. The van der Waals surface area contributed by atoms with Gasteiger partial charge in [0.05, 0.1) is 11.7 Å². The van der Waals surface area contributed by atoms with Crippen molar-refractivity contribution >= 4 is 0 Å². The number of benzene rings is 1. The van der Waals surface area contributed by atoms with Crippen molar-refractivity contribution in [3.8, 4) is 0 Å². The third-order valence-corrected chi connectivity index (χ3v) is 4.19. The summed E-state index contributed by atoms with van der Waals surface area (Å²) in [6, 6.07) is 4.69. The highest BCUT2D eigenvalue weighted by Gasteiger charge is 2.25. The van der Waals surface area contributed by atoms with Gasteiger partial charge in [-0.05, 0) is 55.8 Å². The maximum Gasteiger partial charge on any atom is 0.126 e. The third kappa shape index (κ3) is 5.67. The Bertz CT molecular complexity index is 445. The number of rotatable bonds is 10. The zero-order valence-electron chi connectivity index (χ0n) is 13.8. The van der Waals surface area contributed by atoms with Gasteiger partial charge in [0.15, 0.2) is 0 Å². The number of hydrogen-bond donors (Lipinski definition) is 3. The van der Waals surface area contributed by atoms with Crippen molar-refractivity contribution in [1.29, 1.82) is 0 Å². The first-order valence-corrected chi connectivity index (χ1v) is 8.34. The van der Waals surface area contributed by atoms with Gasteiger partial charge in [0.25, 0.3) is 0 Å². The van der Waals surface area contributed by atoms with E-state index >= 15 is 0 Å². The van der Waals surface area contributed by atoms with E-state index in [4.69, 9.17) is 5.73 Å². The summed E-state index contributed by atoms with van der Waals surface area (Å²) in [6.45, 7) is 4.48. The van der Waals surface area contributed by atoms with Gasteiger partial charge >= 0.3 is 0 Å². The predicted octanol–water partition coefficient (Wildman–Crippen LogP) is 3.47. The van der Waals surface area contributed by atoms with Crippen molar-refractivity contribution in [1.82, 2.24) is 0 Å². The van der Waals surface area contributed by atoms with Crippen molar-refractivity contribution in [2.45, 2.75) is 70.5 Å². The van der Waals surface area contributed by atoms with Crippen LogP contribution in [0.15, 0.2) is 18.2 Å². The summed E-state index contributed by atoms with van der Waals surface area (Å²) in [5.41, 5.74) is 5.98. The number of nitrogens with two attached hydrogens (primary N) is 1. The van der Waals surface area contributed by atoms with Crippen molar-refractivity contribution in [2.24, 2.45) is 5.73 Å². The van der Waals surface area contributed by atoms with Gasteiger partial charge in [0.2, 0.25) is 0 Å². The molecule has 0 spiro atoms. The average molecular weight is 311 g/mol. The molecule has 0 aliphatic carbocycles. The second-order valence-electron chi connectivity index (χ2n) is 6.17. The summed E-state index contributed by atoms with van der Waals surface area (Å²) in [7, 11) is 0. The minimum absolute atomic E-state index is 0.279. The lowest BCUT2D eigenvalue weighted by Crippen LogP contribution is -2.29. The van der Waals surface area contributed by atoms with Crippen molar-refractivity contribution in [2.75, 3.05) is 6.54 Å². The Morgan fingerprint density at radius 2 is 1.82 bits per heavy atom. The van der Waals surface area contributed by atoms with E-state index in [2.05, 4.69) is 0 Å². The molecule has 3 nitrogen and oxygen atoms in total. The molecule has 0 aromatic heterocycles. The van der Waals surface area contributed by atoms with E-state index < -0.39 is 11.7 Å². The minimum atomic E-state index is -0.720. The molecular weight excluding hydrogens is 281 g/mol. The molecule has 0 saturated heterocycles. The van der Waals surface area contributed by atoms with Crippen LogP contribution in [0.3, 0.4) is 0 Å². The predicted molar refractivity (Wildman–Crippen MR) is 88.1 cm³/mol. The smallest absolute Gasteiger partial charge is 0.126 e. The highest BCUT2D eigenvalue weighted by Crippen LogP contribution is 2.27. The van der Waals surface area contributed by atoms with E-state index in [9.17, 15) is 14.6 Å². The van der Waals surface area contributed by atoms with Crippen LogP contribution in [0.25, 0.3) is 0 Å². The molecule has 0 heterocycles. The molecule has 0 aliphatic heterocycles. The molecule has 126 valence electrons. The van der Waals surface area contributed by atoms with Gasteiger partial charge in [-0.15, -0.1) is 0 Å². The van der Waals surface area contributed by atoms with Gasteiger partial charge in [-0.2, -0.15) is 0 Å². The number of aliphatic hydroxyl groups excluding tert-OH is 1. The largest absolute Gasteiger partial charge is 0.390 e. The topological polar surface area (TPSA) is 66.5 Å². The van der Waals surface area contributed by atoms with E-state index in [1.165, 1.54) is 6.07 Å². The Kier molecular flexibility index (Phi) is 8.01.